The Balaban J connectivity index is 0.00000576. The smallest absolute Gasteiger partial charge is 0.191 e. The number of nitrogens with one attached hydrogen (secondary N) is 2. The second kappa shape index (κ2) is 16.1. The van der Waals surface area contributed by atoms with Crippen molar-refractivity contribution in [3.05, 3.63) is 0 Å². The summed E-state index contributed by atoms with van der Waals surface area (Å²) in [7, 11) is 0. The van der Waals surface area contributed by atoms with E-state index >= 15 is 0 Å². The molecule has 1 aliphatic heterocycles. The summed E-state index contributed by atoms with van der Waals surface area (Å²) >= 11 is 0. The Bertz CT molecular complexity index is 331. The Morgan fingerprint density at radius 1 is 1.08 bits per heavy atom. The maximum atomic E-state index is 5.36. The number of halogens is 1. The SMILES string of the molecule is CCNC(=NCCCN1CC(C)CC(C)C1)NCCCCOCC.I. The zero-order chi connectivity index (χ0) is 17.6. The molecule has 0 aromatic heterocycles. The van der Waals surface area contributed by atoms with Crippen LogP contribution in [0.2, 0.25) is 0 Å². The minimum absolute atomic E-state index is 0. The molecule has 0 radical (unpaired) electrons. The van der Waals surface area contributed by atoms with Gasteiger partial charge in [-0.25, -0.2) is 0 Å². The summed E-state index contributed by atoms with van der Waals surface area (Å²) in [6.07, 6.45) is 4.74. The molecule has 1 rings (SSSR count). The Morgan fingerprint density at radius 2 is 1.80 bits per heavy atom. The van der Waals surface area contributed by atoms with Crippen LogP contribution in [0.4, 0.5) is 0 Å². The van der Waals surface area contributed by atoms with Gasteiger partial charge in [0.2, 0.25) is 0 Å². The third-order valence-electron chi connectivity index (χ3n) is 4.40. The quantitative estimate of drug-likeness (QED) is 0.211. The summed E-state index contributed by atoms with van der Waals surface area (Å²) in [5, 5.41) is 6.75. The lowest BCUT2D eigenvalue weighted by Crippen LogP contribution is -2.40. The molecule has 0 amide bonds. The Labute approximate surface area is 172 Å². The zero-order valence-corrected chi connectivity index (χ0v) is 19.2. The third kappa shape index (κ3) is 12.8. The molecule has 0 bridgehead atoms. The van der Waals surface area contributed by atoms with E-state index in [1.54, 1.807) is 0 Å². The normalized spacial score (nSPS) is 21.7. The largest absolute Gasteiger partial charge is 0.382 e. The molecular formula is C19H41IN4O. The minimum atomic E-state index is 0. The molecule has 1 heterocycles. The van der Waals surface area contributed by atoms with E-state index in [2.05, 4.69) is 36.3 Å². The van der Waals surface area contributed by atoms with Gasteiger partial charge in [0.05, 0.1) is 0 Å². The fourth-order valence-electron chi connectivity index (χ4n) is 3.48. The van der Waals surface area contributed by atoms with Gasteiger partial charge in [-0.15, -0.1) is 24.0 Å². The molecule has 0 aromatic carbocycles. The summed E-state index contributed by atoms with van der Waals surface area (Å²) in [6.45, 7) is 17.0. The number of likely N-dealkylation sites (tertiary alicyclic amines) is 1. The number of guanidine groups is 1. The summed E-state index contributed by atoms with van der Waals surface area (Å²) in [5.74, 6) is 2.63. The van der Waals surface area contributed by atoms with Crippen molar-refractivity contribution in [1.82, 2.24) is 15.5 Å². The number of aliphatic imine (C=N–C) groups is 1. The van der Waals surface area contributed by atoms with Gasteiger partial charge in [0.15, 0.2) is 5.96 Å². The van der Waals surface area contributed by atoms with E-state index in [1.807, 2.05) is 6.92 Å². The first-order valence-electron chi connectivity index (χ1n) is 9.97. The first-order valence-corrected chi connectivity index (χ1v) is 9.97. The fourth-order valence-corrected chi connectivity index (χ4v) is 3.48. The Hall–Kier alpha value is -0.0800. The molecule has 0 aliphatic carbocycles. The first-order chi connectivity index (χ1) is 11.7. The summed E-state index contributed by atoms with van der Waals surface area (Å²) in [6, 6.07) is 0. The highest BCUT2D eigenvalue weighted by molar-refractivity contribution is 14.0. The summed E-state index contributed by atoms with van der Waals surface area (Å²) in [4.78, 5) is 7.32. The van der Waals surface area contributed by atoms with Gasteiger partial charge < -0.3 is 20.3 Å². The van der Waals surface area contributed by atoms with Crippen molar-refractivity contribution in [1.29, 1.82) is 0 Å². The van der Waals surface area contributed by atoms with Crippen molar-refractivity contribution >= 4 is 29.9 Å². The summed E-state index contributed by atoms with van der Waals surface area (Å²) in [5.41, 5.74) is 0. The minimum Gasteiger partial charge on any atom is -0.382 e. The highest BCUT2D eigenvalue weighted by atomic mass is 127. The van der Waals surface area contributed by atoms with E-state index in [0.29, 0.717) is 0 Å². The first kappa shape index (κ1) is 24.9. The molecule has 2 N–H and O–H groups in total. The molecule has 1 fully saturated rings. The second-order valence-electron chi connectivity index (χ2n) is 7.15. The van der Waals surface area contributed by atoms with E-state index in [-0.39, 0.29) is 24.0 Å². The van der Waals surface area contributed by atoms with Crippen molar-refractivity contribution in [3.63, 3.8) is 0 Å². The van der Waals surface area contributed by atoms with E-state index in [0.717, 1.165) is 69.9 Å². The van der Waals surface area contributed by atoms with E-state index in [9.17, 15) is 0 Å². The molecule has 0 saturated carbocycles. The fraction of sp³-hybridized carbons (Fsp3) is 0.947. The van der Waals surface area contributed by atoms with Crippen molar-refractivity contribution in [2.75, 3.05) is 52.5 Å². The lowest BCUT2D eigenvalue weighted by Gasteiger charge is -2.34. The van der Waals surface area contributed by atoms with Crippen LogP contribution >= 0.6 is 24.0 Å². The number of hydrogen-bond acceptors (Lipinski definition) is 3. The van der Waals surface area contributed by atoms with Gasteiger partial charge in [0, 0.05) is 45.9 Å². The van der Waals surface area contributed by atoms with Gasteiger partial charge in [0.1, 0.15) is 0 Å². The van der Waals surface area contributed by atoms with Gasteiger partial charge in [-0.2, -0.15) is 0 Å². The van der Waals surface area contributed by atoms with Crippen LogP contribution in [0.25, 0.3) is 0 Å². The second-order valence-corrected chi connectivity index (χ2v) is 7.15. The molecular weight excluding hydrogens is 427 g/mol. The van der Waals surface area contributed by atoms with Gasteiger partial charge in [-0.05, 0) is 57.9 Å². The number of piperidine rings is 1. The van der Waals surface area contributed by atoms with E-state index < -0.39 is 0 Å². The van der Waals surface area contributed by atoms with Crippen LogP contribution in [0.3, 0.4) is 0 Å². The predicted molar refractivity (Wildman–Crippen MR) is 119 cm³/mol. The van der Waals surface area contributed by atoms with Gasteiger partial charge in [-0.3, -0.25) is 4.99 Å². The third-order valence-corrected chi connectivity index (χ3v) is 4.40. The standard InChI is InChI=1S/C19H40N4O.HI/c1-5-20-19(21-10-7-8-13-24-6-2)22-11-9-12-23-15-17(3)14-18(4)16-23;/h17-18H,5-16H2,1-4H3,(H2,20,21,22);1H. The number of nitrogens with zero attached hydrogens (tertiary/aromatic N) is 2. The van der Waals surface area contributed by atoms with Gasteiger partial charge >= 0.3 is 0 Å². The van der Waals surface area contributed by atoms with Crippen LogP contribution in [0, 0.1) is 11.8 Å². The summed E-state index contributed by atoms with van der Waals surface area (Å²) < 4.78 is 5.36. The molecule has 2 atom stereocenters. The lowest BCUT2D eigenvalue weighted by molar-refractivity contribution is 0.140. The average molecular weight is 468 g/mol. The van der Waals surface area contributed by atoms with Crippen LogP contribution in [-0.4, -0.2) is 63.3 Å². The highest BCUT2D eigenvalue weighted by Gasteiger charge is 2.20. The molecule has 150 valence electrons. The molecule has 2 unspecified atom stereocenters. The zero-order valence-electron chi connectivity index (χ0n) is 16.9. The Morgan fingerprint density at radius 3 is 2.44 bits per heavy atom. The maximum Gasteiger partial charge on any atom is 0.191 e. The van der Waals surface area contributed by atoms with Crippen molar-refractivity contribution in [2.45, 2.75) is 53.4 Å². The molecule has 0 spiro atoms. The highest BCUT2D eigenvalue weighted by Crippen LogP contribution is 2.20. The molecule has 0 aromatic rings. The number of rotatable bonds is 11. The van der Waals surface area contributed by atoms with Crippen LogP contribution in [-0.2, 0) is 4.74 Å². The number of hydrogen-bond donors (Lipinski definition) is 2. The molecule has 1 saturated heterocycles. The monoisotopic (exact) mass is 468 g/mol. The van der Waals surface area contributed by atoms with Crippen LogP contribution < -0.4 is 10.6 Å². The van der Waals surface area contributed by atoms with Crippen LogP contribution in [0.5, 0.6) is 0 Å². The van der Waals surface area contributed by atoms with E-state index in [4.69, 9.17) is 9.73 Å². The number of unbranched alkanes of at least 4 members (excludes halogenated alkanes) is 1. The van der Waals surface area contributed by atoms with Gasteiger partial charge in [-0.1, -0.05) is 13.8 Å². The van der Waals surface area contributed by atoms with Crippen molar-refractivity contribution < 1.29 is 4.74 Å². The molecule has 5 nitrogen and oxygen atoms in total. The maximum absolute atomic E-state index is 5.36. The predicted octanol–water partition coefficient (Wildman–Crippen LogP) is 3.34. The molecule has 25 heavy (non-hydrogen) atoms. The lowest BCUT2D eigenvalue weighted by atomic mass is 9.92. The van der Waals surface area contributed by atoms with Crippen molar-refractivity contribution in [3.8, 4) is 0 Å². The van der Waals surface area contributed by atoms with Crippen LogP contribution in [0.1, 0.15) is 53.4 Å². The van der Waals surface area contributed by atoms with Gasteiger partial charge in [0.25, 0.3) is 0 Å². The molecule has 1 aliphatic rings. The number of ether oxygens (including phenoxy) is 1. The van der Waals surface area contributed by atoms with Crippen molar-refractivity contribution in [2.24, 2.45) is 16.8 Å². The molecule has 6 heteroatoms. The van der Waals surface area contributed by atoms with Crippen LogP contribution in [0.15, 0.2) is 4.99 Å². The average Bonchev–Trinajstić information content (AvgIpc) is 2.53. The van der Waals surface area contributed by atoms with E-state index in [1.165, 1.54) is 26.1 Å². The topological polar surface area (TPSA) is 48.9 Å². The Kier molecular flexibility index (Phi) is 16.1.